The van der Waals surface area contributed by atoms with Gasteiger partial charge in [-0.25, -0.2) is 0 Å². The summed E-state index contributed by atoms with van der Waals surface area (Å²) in [6, 6.07) is 0.324. The summed E-state index contributed by atoms with van der Waals surface area (Å²) in [7, 11) is 0. The van der Waals surface area contributed by atoms with Crippen molar-refractivity contribution < 1.29 is 9.53 Å². The van der Waals surface area contributed by atoms with Crippen molar-refractivity contribution in [3.8, 4) is 0 Å². The van der Waals surface area contributed by atoms with Gasteiger partial charge < -0.3 is 15.4 Å². The Labute approximate surface area is 97.1 Å². The van der Waals surface area contributed by atoms with Gasteiger partial charge in [0, 0.05) is 19.2 Å². The van der Waals surface area contributed by atoms with Gasteiger partial charge in [0.25, 0.3) is 0 Å². The zero-order valence-corrected chi connectivity index (χ0v) is 9.84. The van der Waals surface area contributed by atoms with Gasteiger partial charge in [0.05, 0.1) is 12.5 Å². The Morgan fingerprint density at radius 2 is 2.25 bits per heavy atom. The number of rotatable bonds is 3. The van der Waals surface area contributed by atoms with E-state index in [0.717, 1.165) is 45.4 Å². The zero-order chi connectivity index (χ0) is 11.2. The Morgan fingerprint density at radius 1 is 1.31 bits per heavy atom. The van der Waals surface area contributed by atoms with Gasteiger partial charge in [-0.05, 0) is 38.6 Å². The topological polar surface area (TPSA) is 50.4 Å². The first kappa shape index (κ1) is 11.9. The summed E-state index contributed by atoms with van der Waals surface area (Å²) < 4.78 is 5.56. The molecule has 2 fully saturated rings. The van der Waals surface area contributed by atoms with Gasteiger partial charge in [-0.1, -0.05) is 0 Å². The fourth-order valence-electron chi connectivity index (χ4n) is 2.44. The van der Waals surface area contributed by atoms with E-state index in [9.17, 15) is 4.79 Å². The minimum atomic E-state index is 0.153. The number of hydrogen-bond acceptors (Lipinski definition) is 3. The molecule has 0 aromatic heterocycles. The first-order valence-electron chi connectivity index (χ1n) is 6.46. The van der Waals surface area contributed by atoms with Crippen LogP contribution in [-0.2, 0) is 9.53 Å². The third-order valence-corrected chi connectivity index (χ3v) is 3.35. The third-order valence-electron chi connectivity index (χ3n) is 3.35. The predicted molar refractivity (Wildman–Crippen MR) is 62.2 cm³/mol. The molecule has 16 heavy (non-hydrogen) atoms. The van der Waals surface area contributed by atoms with Crippen LogP contribution in [0.5, 0.6) is 0 Å². The number of carbonyl (C=O) groups is 1. The maximum absolute atomic E-state index is 11.8. The first-order chi connectivity index (χ1) is 7.84. The summed E-state index contributed by atoms with van der Waals surface area (Å²) in [5, 5.41) is 6.38. The van der Waals surface area contributed by atoms with E-state index in [0.29, 0.717) is 12.5 Å². The molecule has 4 heteroatoms. The lowest BCUT2D eigenvalue weighted by molar-refractivity contribution is -0.125. The van der Waals surface area contributed by atoms with Gasteiger partial charge in [0.15, 0.2) is 0 Å². The molecule has 92 valence electrons. The summed E-state index contributed by atoms with van der Waals surface area (Å²) in [5.41, 5.74) is 0. The molecule has 4 nitrogen and oxygen atoms in total. The van der Waals surface area contributed by atoms with Crippen molar-refractivity contribution in [2.24, 2.45) is 0 Å². The summed E-state index contributed by atoms with van der Waals surface area (Å²) >= 11 is 0. The van der Waals surface area contributed by atoms with Crippen LogP contribution in [-0.4, -0.2) is 37.7 Å². The highest BCUT2D eigenvalue weighted by Gasteiger charge is 2.20. The summed E-state index contributed by atoms with van der Waals surface area (Å²) in [5.74, 6) is 0.153. The van der Waals surface area contributed by atoms with Crippen LogP contribution in [0.1, 0.15) is 38.5 Å². The number of piperidine rings is 1. The van der Waals surface area contributed by atoms with Crippen LogP contribution < -0.4 is 10.6 Å². The molecule has 0 spiro atoms. The van der Waals surface area contributed by atoms with Crippen LogP contribution in [0.4, 0.5) is 0 Å². The predicted octanol–water partition coefficient (Wildman–Crippen LogP) is 0.814. The minimum absolute atomic E-state index is 0.153. The average Bonchev–Trinajstić information content (AvgIpc) is 2.31. The summed E-state index contributed by atoms with van der Waals surface area (Å²) in [4.78, 5) is 11.8. The lowest BCUT2D eigenvalue weighted by Gasteiger charge is -2.26. The van der Waals surface area contributed by atoms with Gasteiger partial charge >= 0.3 is 0 Å². The second kappa shape index (κ2) is 6.21. The maximum Gasteiger partial charge on any atom is 0.222 e. The molecular weight excluding hydrogens is 204 g/mol. The lowest BCUT2D eigenvalue weighted by atomic mass is 10.0. The Morgan fingerprint density at radius 3 is 2.94 bits per heavy atom. The van der Waals surface area contributed by atoms with Crippen LogP contribution in [0.15, 0.2) is 0 Å². The SMILES string of the molecule is O=C(CC1CCCCO1)N[C@@H]1CCCNC1. The van der Waals surface area contributed by atoms with Crippen LogP contribution in [0.25, 0.3) is 0 Å². The van der Waals surface area contributed by atoms with Gasteiger partial charge in [0.2, 0.25) is 5.91 Å². The number of carbonyl (C=O) groups excluding carboxylic acids is 1. The highest BCUT2D eigenvalue weighted by molar-refractivity contribution is 5.76. The zero-order valence-electron chi connectivity index (χ0n) is 9.84. The molecule has 0 aliphatic carbocycles. The number of amides is 1. The summed E-state index contributed by atoms with van der Waals surface area (Å²) in [6.07, 6.45) is 6.33. The molecule has 2 aliphatic heterocycles. The van der Waals surface area contributed by atoms with Crippen LogP contribution in [0.3, 0.4) is 0 Å². The molecule has 0 saturated carbocycles. The monoisotopic (exact) mass is 226 g/mol. The molecule has 0 bridgehead atoms. The summed E-state index contributed by atoms with van der Waals surface area (Å²) in [6.45, 7) is 2.82. The number of hydrogen-bond donors (Lipinski definition) is 2. The van der Waals surface area contributed by atoms with Crippen LogP contribution in [0.2, 0.25) is 0 Å². The third kappa shape index (κ3) is 3.76. The molecule has 2 heterocycles. The van der Waals surface area contributed by atoms with Crippen LogP contribution in [0, 0.1) is 0 Å². The number of ether oxygens (including phenoxy) is 1. The normalized spacial score (nSPS) is 31.0. The molecule has 2 N–H and O–H groups in total. The van der Waals surface area contributed by atoms with E-state index in [1.807, 2.05) is 0 Å². The van der Waals surface area contributed by atoms with Crippen molar-refractivity contribution in [3.63, 3.8) is 0 Å². The standard InChI is InChI=1S/C12H22N2O2/c15-12(8-11-5-1-2-7-16-11)14-10-4-3-6-13-9-10/h10-11,13H,1-9H2,(H,14,15)/t10-,11?/m1/s1. The average molecular weight is 226 g/mol. The molecule has 2 saturated heterocycles. The van der Waals surface area contributed by atoms with Gasteiger partial charge in [-0.15, -0.1) is 0 Å². The van der Waals surface area contributed by atoms with Crippen molar-refractivity contribution in [1.82, 2.24) is 10.6 Å². The van der Waals surface area contributed by atoms with E-state index in [-0.39, 0.29) is 12.0 Å². The molecule has 0 aromatic carbocycles. The second-order valence-corrected chi connectivity index (χ2v) is 4.80. The van der Waals surface area contributed by atoms with Gasteiger partial charge in [0.1, 0.15) is 0 Å². The molecule has 0 radical (unpaired) electrons. The highest BCUT2D eigenvalue weighted by Crippen LogP contribution is 2.15. The van der Waals surface area contributed by atoms with Crippen molar-refractivity contribution in [2.75, 3.05) is 19.7 Å². The molecule has 0 aromatic rings. The van der Waals surface area contributed by atoms with E-state index in [4.69, 9.17) is 4.74 Å². The molecule has 2 aliphatic rings. The van der Waals surface area contributed by atoms with E-state index in [1.165, 1.54) is 6.42 Å². The van der Waals surface area contributed by atoms with Gasteiger partial charge in [-0.3, -0.25) is 4.79 Å². The van der Waals surface area contributed by atoms with Crippen LogP contribution >= 0.6 is 0 Å². The first-order valence-corrected chi connectivity index (χ1v) is 6.46. The minimum Gasteiger partial charge on any atom is -0.378 e. The molecule has 1 unspecified atom stereocenters. The smallest absolute Gasteiger partial charge is 0.222 e. The second-order valence-electron chi connectivity index (χ2n) is 4.80. The lowest BCUT2D eigenvalue weighted by Crippen LogP contribution is -2.46. The van der Waals surface area contributed by atoms with Crippen molar-refractivity contribution in [2.45, 2.75) is 50.7 Å². The Balaban J connectivity index is 1.66. The van der Waals surface area contributed by atoms with E-state index >= 15 is 0 Å². The van der Waals surface area contributed by atoms with Crippen molar-refractivity contribution in [1.29, 1.82) is 0 Å². The van der Waals surface area contributed by atoms with Crippen molar-refractivity contribution >= 4 is 5.91 Å². The fourth-order valence-corrected chi connectivity index (χ4v) is 2.44. The molecule has 2 atom stereocenters. The molecule has 2 rings (SSSR count). The number of nitrogens with one attached hydrogen (secondary N) is 2. The van der Waals surface area contributed by atoms with E-state index in [1.54, 1.807) is 0 Å². The molecular formula is C12H22N2O2. The quantitative estimate of drug-likeness (QED) is 0.749. The maximum atomic E-state index is 11.8. The van der Waals surface area contributed by atoms with Gasteiger partial charge in [-0.2, -0.15) is 0 Å². The fraction of sp³-hybridized carbons (Fsp3) is 0.917. The van der Waals surface area contributed by atoms with E-state index in [2.05, 4.69) is 10.6 Å². The highest BCUT2D eigenvalue weighted by atomic mass is 16.5. The van der Waals surface area contributed by atoms with Crippen molar-refractivity contribution in [3.05, 3.63) is 0 Å². The Hall–Kier alpha value is -0.610. The Kier molecular flexibility index (Phi) is 4.60. The molecule has 1 amide bonds. The largest absolute Gasteiger partial charge is 0.378 e. The Bertz CT molecular complexity index is 199. The van der Waals surface area contributed by atoms with E-state index < -0.39 is 0 Å².